The second kappa shape index (κ2) is 6.02. The summed E-state index contributed by atoms with van der Waals surface area (Å²) in [6, 6.07) is 0.465. The monoisotopic (exact) mass is 201 g/mol. The Kier molecular flexibility index (Phi) is 5.77. The first-order valence-corrected chi connectivity index (χ1v) is 5.29. The molecule has 0 aliphatic rings. The van der Waals surface area contributed by atoms with E-state index in [0.717, 1.165) is 19.4 Å². The average molecular weight is 201 g/mol. The van der Waals surface area contributed by atoms with Crippen molar-refractivity contribution in [1.82, 2.24) is 5.32 Å². The van der Waals surface area contributed by atoms with Gasteiger partial charge in [-0.15, -0.1) is 0 Å². The lowest BCUT2D eigenvalue weighted by atomic mass is 9.88. The van der Waals surface area contributed by atoms with Gasteiger partial charge in [0, 0.05) is 12.5 Å². The Morgan fingerprint density at radius 3 is 2.36 bits per heavy atom. The van der Waals surface area contributed by atoms with Gasteiger partial charge in [-0.05, 0) is 31.7 Å². The lowest BCUT2D eigenvalue weighted by molar-refractivity contribution is -0.137. The van der Waals surface area contributed by atoms with Gasteiger partial charge in [0.15, 0.2) is 0 Å². The normalized spacial score (nSPS) is 14.0. The number of nitrogens with one attached hydrogen (secondary N) is 1. The van der Waals surface area contributed by atoms with Crippen LogP contribution in [0, 0.1) is 5.41 Å². The van der Waals surface area contributed by atoms with Crippen molar-refractivity contribution >= 4 is 5.97 Å². The van der Waals surface area contributed by atoms with E-state index in [1.165, 1.54) is 0 Å². The minimum atomic E-state index is -0.700. The summed E-state index contributed by atoms with van der Waals surface area (Å²) in [5.74, 6) is -0.700. The second-order valence-electron chi connectivity index (χ2n) is 4.89. The van der Waals surface area contributed by atoms with Crippen LogP contribution < -0.4 is 5.32 Å². The van der Waals surface area contributed by atoms with Crippen LogP contribution in [0.5, 0.6) is 0 Å². The topological polar surface area (TPSA) is 49.3 Å². The molecule has 0 amide bonds. The van der Waals surface area contributed by atoms with E-state index in [4.69, 9.17) is 5.11 Å². The van der Waals surface area contributed by atoms with Crippen molar-refractivity contribution in [1.29, 1.82) is 0 Å². The Balaban J connectivity index is 3.41. The molecule has 0 aromatic rings. The number of hydrogen-bond donors (Lipinski definition) is 2. The van der Waals surface area contributed by atoms with Crippen LogP contribution in [0.2, 0.25) is 0 Å². The van der Waals surface area contributed by atoms with Gasteiger partial charge >= 0.3 is 5.97 Å². The van der Waals surface area contributed by atoms with Gasteiger partial charge in [0.2, 0.25) is 0 Å². The van der Waals surface area contributed by atoms with Crippen LogP contribution in [-0.4, -0.2) is 23.7 Å². The molecule has 0 saturated carbocycles. The largest absolute Gasteiger partial charge is 0.481 e. The first kappa shape index (κ1) is 13.4. The zero-order chi connectivity index (χ0) is 11.2. The Morgan fingerprint density at radius 1 is 1.36 bits per heavy atom. The summed E-state index contributed by atoms with van der Waals surface area (Å²) < 4.78 is 0. The molecule has 1 atom stereocenters. The third-order valence-corrected chi connectivity index (χ3v) is 2.57. The summed E-state index contributed by atoms with van der Waals surface area (Å²) in [6.45, 7) is 9.66. The molecule has 0 aliphatic carbocycles. The highest BCUT2D eigenvalue weighted by Gasteiger charge is 2.18. The molecule has 0 spiro atoms. The predicted molar refractivity (Wildman–Crippen MR) is 58.4 cm³/mol. The molecule has 0 aliphatic heterocycles. The third-order valence-electron chi connectivity index (χ3n) is 2.57. The molecule has 0 rings (SSSR count). The van der Waals surface area contributed by atoms with E-state index >= 15 is 0 Å². The van der Waals surface area contributed by atoms with Gasteiger partial charge in [-0.1, -0.05) is 20.8 Å². The van der Waals surface area contributed by atoms with Gasteiger partial charge in [-0.2, -0.15) is 0 Å². The van der Waals surface area contributed by atoms with Crippen molar-refractivity contribution in [2.45, 2.75) is 53.0 Å². The lowest BCUT2D eigenvalue weighted by Crippen LogP contribution is -2.38. The van der Waals surface area contributed by atoms with Gasteiger partial charge in [-0.3, -0.25) is 4.79 Å². The molecule has 3 nitrogen and oxygen atoms in total. The number of aliphatic carboxylic acids is 1. The molecule has 0 fully saturated rings. The number of unbranched alkanes of at least 4 members (excludes halogenated alkanes) is 1. The fourth-order valence-corrected chi connectivity index (χ4v) is 1.03. The molecule has 0 aromatic heterocycles. The summed E-state index contributed by atoms with van der Waals surface area (Å²) in [4.78, 5) is 10.2. The Labute approximate surface area is 86.9 Å². The molecule has 0 heterocycles. The molecule has 0 bridgehead atoms. The highest BCUT2D eigenvalue weighted by Crippen LogP contribution is 2.18. The van der Waals surface area contributed by atoms with Crippen LogP contribution in [0.1, 0.15) is 47.0 Å². The lowest BCUT2D eigenvalue weighted by Gasteiger charge is -2.28. The van der Waals surface area contributed by atoms with Gasteiger partial charge in [0.1, 0.15) is 0 Å². The summed E-state index contributed by atoms with van der Waals surface area (Å²) in [7, 11) is 0. The SMILES string of the molecule is CC(NCCCCC(=O)O)C(C)(C)C. The van der Waals surface area contributed by atoms with Gasteiger partial charge in [0.25, 0.3) is 0 Å². The fourth-order valence-electron chi connectivity index (χ4n) is 1.03. The summed E-state index contributed by atoms with van der Waals surface area (Å²) in [5.41, 5.74) is 0.271. The highest BCUT2D eigenvalue weighted by molar-refractivity contribution is 5.66. The Hall–Kier alpha value is -0.570. The van der Waals surface area contributed by atoms with Crippen molar-refractivity contribution in [3.05, 3.63) is 0 Å². The molecule has 3 heteroatoms. The van der Waals surface area contributed by atoms with Crippen LogP contribution in [-0.2, 0) is 4.79 Å². The van der Waals surface area contributed by atoms with Gasteiger partial charge in [-0.25, -0.2) is 0 Å². The number of carboxylic acids is 1. The maximum atomic E-state index is 10.2. The van der Waals surface area contributed by atoms with Crippen LogP contribution in [0.25, 0.3) is 0 Å². The van der Waals surface area contributed by atoms with Crippen LogP contribution in [0.4, 0.5) is 0 Å². The second-order valence-corrected chi connectivity index (χ2v) is 4.89. The predicted octanol–water partition coefficient (Wildman–Crippen LogP) is 2.27. The van der Waals surface area contributed by atoms with Crippen molar-refractivity contribution in [3.63, 3.8) is 0 Å². The Bertz CT molecular complexity index is 173. The van der Waals surface area contributed by atoms with Crippen LogP contribution in [0.15, 0.2) is 0 Å². The van der Waals surface area contributed by atoms with E-state index in [1.807, 2.05) is 0 Å². The minimum absolute atomic E-state index is 0.271. The van der Waals surface area contributed by atoms with E-state index in [2.05, 4.69) is 33.0 Å². The Morgan fingerprint density at radius 2 is 1.93 bits per heavy atom. The van der Waals surface area contributed by atoms with E-state index in [1.54, 1.807) is 0 Å². The summed E-state index contributed by atoms with van der Waals surface area (Å²) >= 11 is 0. The first-order chi connectivity index (χ1) is 6.34. The quantitative estimate of drug-likeness (QED) is 0.648. The van der Waals surface area contributed by atoms with Crippen molar-refractivity contribution in [2.24, 2.45) is 5.41 Å². The zero-order valence-electron chi connectivity index (χ0n) is 9.76. The third kappa shape index (κ3) is 6.89. The summed E-state index contributed by atoms with van der Waals surface area (Å²) in [6.07, 6.45) is 1.98. The molecular formula is C11H23NO2. The number of hydrogen-bond acceptors (Lipinski definition) is 2. The molecule has 0 saturated heterocycles. The number of carbonyl (C=O) groups is 1. The number of rotatable bonds is 6. The van der Waals surface area contributed by atoms with Crippen molar-refractivity contribution in [2.75, 3.05) is 6.54 Å². The van der Waals surface area contributed by atoms with Crippen molar-refractivity contribution < 1.29 is 9.90 Å². The van der Waals surface area contributed by atoms with E-state index in [0.29, 0.717) is 6.04 Å². The molecule has 0 radical (unpaired) electrons. The van der Waals surface area contributed by atoms with E-state index in [9.17, 15) is 4.79 Å². The maximum Gasteiger partial charge on any atom is 0.303 e. The molecule has 14 heavy (non-hydrogen) atoms. The first-order valence-electron chi connectivity index (χ1n) is 5.29. The minimum Gasteiger partial charge on any atom is -0.481 e. The van der Waals surface area contributed by atoms with Crippen LogP contribution in [0.3, 0.4) is 0 Å². The molecule has 0 aromatic carbocycles. The number of carboxylic acid groups (broad SMARTS) is 1. The van der Waals surface area contributed by atoms with Crippen molar-refractivity contribution in [3.8, 4) is 0 Å². The zero-order valence-corrected chi connectivity index (χ0v) is 9.76. The molecule has 2 N–H and O–H groups in total. The van der Waals surface area contributed by atoms with E-state index in [-0.39, 0.29) is 11.8 Å². The highest BCUT2D eigenvalue weighted by atomic mass is 16.4. The van der Waals surface area contributed by atoms with E-state index < -0.39 is 5.97 Å². The maximum absolute atomic E-state index is 10.2. The fraction of sp³-hybridized carbons (Fsp3) is 0.909. The standard InChI is InChI=1S/C11H23NO2/c1-9(11(2,3)4)12-8-6-5-7-10(13)14/h9,12H,5-8H2,1-4H3,(H,13,14). The summed E-state index contributed by atoms with van der Waals surface area (Å²) in [5, 5.41) is 11.8. The molecule has 1 unspecified atom stereocenters. The van der Waals surface area contributed by atoms with Gasteiger partial charge < -0.3 is 10.4 Å². The molecular weight excluding hydrogens is 178 g/mol. The average Bonchev–Trinajstić information content (AvgIpc) is 2.01. The molecule has 84 valence electrons. The smallest absolute Gasteiger partial charge is 0.303 e. The van der Waals surface area contributed by atoms with Gasteiger partial charge in [0.05, 0.1) is 0 Å². The van der Waals surface area contributed by atoms with Crippen LogP contribution >= 0.6 is 0 Å².